The number of quaternary nitrogens is 1. The lowest BCUT2D eigenvalue weighted by molar-refractivity contribution is -0.918. The van der Waals surface area contributed by atoms with Gasteiger partial charge in [0.05, 0.1) is 19.5 Å². The Balaban J connectivity index is 1.42. The first kappa shape index (κ1) is 18.2. The smallest absolute Gasteiger partial charge is 0.224 e. The summed E-state index contributed by atoms with van der Waals surface area (Å²) in [4.78, 5) is 13.8. The highest BCUT2D eigenvalue weighted by atomic mass is 35.5. The number of piperidine rings is 1. The molecule has 0 bridgehead atoms. The Hall–Kier alpha value is -1.55. The molecule has 1 saturated heterocycles. The molecule has 1 aliphatic heterocycles. The minimum Gasteiger partial charge on any atom is -0.353 e. The average molecular weight is 378 g/mol. The summed E-state index contributed by atoms with van der Waals surface area (Å²) < 4.78 is 0. The molecule has 1 fully saturated rings. The van der Waals surface area contributed by atoms with Crippen molar-refractivity contribution >= 4 is 29.1 Å². The summed E-state index contributed by atoms with van der Waals surface area (Å²) >= 11 is 11.8. The van der Waals surface area contributed by atoms with Crippen LogP contribution in [-0.4, -0.2) is 25.0 Å². The van der Waals surface area contributed by atoms with Crippen LogP contribution < -0.4 is 10.2 Å². The van der Waals surface area contributed by atoms with E-state index < -0.39 is 0 Å². The molecule has 0 spiro atoms. The van der Waals surface area contributed by atoms with E-state index in [1.54, 1.807) is 4.90 Å². The summed E-state index contributed by atoms with van der Waals surface area (Å²) in [5.74, 6) is 0.0912. The second kappa shape index (κ2) is 8.70. The summed E-state index contributed by atoms with van der Waals surface area (Å²) in [7, 11) is 0. The van der Waals surface area contributed by atoms with Crippen molar-refractivity contribution in [2.24, 2.45) is 0 Å². The number of benzene rings is 2. The largest absolute Gasteiger partial charge is 0.353 e. The van der Waals surface area contributed by atoms with Gasteiger partial charge in [0.15, 0.2) is 0 Å². The van der Waals surface area contributed by atoms with Gasteiger partial charge in [0.1, 0.15) is 6.54 Å². The number of likely N-dealkylation sites (tertiary alicyclic amines) is 1. The molecule has 1 amide bonds. The highest BCUT2D eigenvalue weighted by molar-refractivity contribution is 6.30. The first-order valence-corrected chi connectivity index (χ1v) is 9.46. The summed E-state index contributed by atoms with van der Waals surface area (Å²) in [6.45, 7) is 3.17. The van der Waals surface area contributed by atoms with Crippen LogP contribution in [0.2, 0.25) is 10.0 Å². The minimum atomic E-state index is 0.0912. The number of rotatable bonds is 5. The third kappa shape index (κ3) is 5.74. The normalized spacial score (nSPS) is 20.2. The highest BCUT2D eigenvalue weighted by Gasteiger charge is 2.23. The van der Waals surface area contributed by atoms with Gasteiger partial charge in [-0.3, -0.25) is 4.79 Å². The van der Waals surface area contributed by atoms with Gasteiger partial charge in [0.25, 0.3) is 0 Å². The zero-order valence-electron chi connectivity index (χ0n) is 14.1. The van der Waals surface area contributed by atoms with E-state index in [4.69, 9.17) is 23.2 Å². The molecule has 2 aromatic carbocycles. The Morgan fingerprint density at radius 2 is 1.44 bits per heavy atom. The maximum absolute atomic E-state index is 12.2. The van der Waals surface area contributed by atoms with Crippen LogP contribution in [0.15, 0.2) is 48.5 Å². The van der Waals surface area contributed by atoms with Crippen LogP contribution in [0.25, 0.3) is 0 Å². The maximum atomic E-state index is 12.2. The van der Waals surface area contributed by atoms with Crippen molar-refractivity contribution in [2.45, 2.75) is 31.8 Å². The van der Waals surface area contributed by atoms with Gasteiger partial charge in [-0.1, -0.05) is 47.5 Å². The zero-order chi connectivity index (χ0) is 17.6. The van der Waals surface area contributed by atoms with Crippen molar-refractivity contribution in [2.75, 3.05) is 13.1 Å². The number of hydrogen-bond donors (Lipinski definition) is 2. The van der Waals surface area contributed by atoms with Gasteiger partial charge in [0.2, 0.25) is 5.91 Å². The Labute approximate surface area is 158 Å². The van der Waals surface area contributed by atoms with Crippen LogP contribution >= 0.6 is 23.2 Å². The van der Waals surface area contributed by atoms with Gasteiger partial charge >= 0.3 is 0 Å². The van der Waals surface area contributed by atoms with E-state index in [1.165, 1.54) is 5.56 Å². The maximum Gasteiger partial charge on any atom is 0.224 e. The molecule has 0 radical (unpaired) electrons. The summed E-state index contributed by atoms with van der Waals surface area (Å²) in [5, 5.41) is 4.64. The molecule has 0 aliphatic carbocycles. The fourth-order valence-corrected chi connectivity index (χ4v) is 3.56. The molecule has 3 rings (SSSR count). The number of amides is 1. The van der Waals surface area contributed by atoms with E-state index in [9.17, 15) is 4.79 Å². The lowest BCUT2D eigenvalue weighted by atomic mass is 10.0. The van der Waals surface area contributed by atoms with Crippen molar-refractivity contribution in [3.05, 3.63) is 69.7 Å². The number of halogens is 2. The van der Waals surface area contributed by atoms with Crippen LogP contribution in [0.3, 0.4) is 0 Å². The lowest BCUT2D eigenvalue weighted by Gasteiger charge is -2.30. The van der Waals surface area contributed by atoms with Gasteiger partial charge in [-0.15, -0.1) is 0 Å². The molecule has 1 aliphatic rings. The van der Waals surface area contributed by atoms with Crippen LogP contribution in [0.1, 0.15) is 24.0 Å². The topological polar surface area (TPSA) is 33.5 Å². The lowest BCUT2D eigenvalue weighted by Crippen LogP contribution is -3.12. The number of hydrogen-bond acceptors (Lipinski definition) is 1. The Kier molecular flexibility index (Phi) is 6.35. The molecular weight excluding hydrogens is 355 g/mol. The second-order valence-electron chi connectivity index (χ2n) is 6.70. The van der Waals surface area contributed by atoms with Crippen molar-refractivity contribution in [1.29, 1.82) is 0 Å². The highest BCUT2D eigenvalue weighted by Crippen LogP contribution is 2.11. The number of nitrogens with one attached hydrogen (secondary N) is 2. The predicted molar refractivity (Wildman–Crippen MR) is 102 cm³/mol. The van der Waals surface area contributed by atoms with E-state index in [0.717, 1.165) is 43.1 Å². The van der Waals surface area contributed by atoms with E-state index >= 15 is 0 Å². The Bertz CT molecular complexity index is 693. The Morgan fingerprint density at radius 3 is 2.00 bits per heavy atom. The SMILES string of the molecule is O=C(Cc1ccc(Cl)cc1)NC1CC[NH+](Cc2ccc(Cl)cc2)CC1. The number of carbonyl (C=O) groups is 1. The van der Waals surface area contributed by atoms with Gasteiger partial charge in [-0.2, -0.15) is 0 Å². The molecular formula is C20H23Cl2N2O+. The zero-order valence-corrected chi connectivity index (χ0v) is 15.6. The van der Waals surface area contributed by atoms with Gasteiger partial charge < -0.3 is 10.2 Å². The Morgan fingerprint density at radius 1 is 0.920 bits per heavy atom. The predicted octanol–water partition coefficient (Wildman–Crippen LogP) is 2.90. The molecule has 0 aromatic heterocycles. The molecule has 2 N–H and O–H groups in total. The molecule has 1 heterocycles. The van der Waals surface area contributed by atoms with Gasteiger partial charge in [-0.25, -0.2) is 0 Å². The van der Waals surface area contributed by atoms with E-state index in [-0.39, 0.29) is 11.9 Å². The molecule has 5 heteroatoms. The third-order valence-electron chi connectivity index (χ3n) is 4.70. The number of carbonyl (C=O) groups excluding carboxylic acids is 1. The van der Waals surface area contributed by atoms with Crippen LogP contribution in [0.4, 0.5) is 0 Å². The summed E-state index contributed by atoms with van der Waals surface area (Å²) in [6, 6.07) is 15.8. The van der Waals surface area contributed by atoms with Crippen LogP contribution in [0, 0.1) is 0 Å². The molecule has 3 nitrogen and oxygen atoms in total. The first-order valence-electron chi connectivity index (χ1n) is 8.70. The van der Waals surface area contributed by atoms with Crippen LogP contribution in [-0.2, 0) is 17.8 Å². The minimum absolute atomic E-state index is 0.0912. The van der Waals surface area contributed by atoms with Gasteiger partial charge in [-0.05, 0) is 29.8 Å². The van der Waals surface area contributed by atoms with Crippen molar-refractivity contribution in [3.63, 3.8) is 0 Å². The molecule has 132 valence electrons. The average Bonchev–Trinajstić information content (AvgIpc) is 2.61. The van der Waals surface area contributed by atoms with E-state index in [2.05, 4.69) is 17.4 Å². The van der Waals surface area contributed by atoms with Crippen molar-refractivity contribution in [1.82, 2.24) is 5.32 Å². The third-order valence-corrected chi connectivity index (χ3v) is 5.21. The molecule has 0 unspecified atom stereocenters. The fraction of sp³-hybridized carbons (Fsp3) is 0.350. The van der Waals surface area contributed by atoms with Crippen LogP contribution in [0.5, 0.6) is 0 Å². The second-order valence-corrected chi connectivity index (χ2v) is 7.57. The van der Waals surface area contributed by atoms with Crippen molar-refractivity contribution < 1.29 is 9.69 Å². The van der Waals surface area contributed by atoms with Crippen molar-refractivity contribution in [3.8, 4) is 0 Å². The van der Waals surface area contributed by atoms with E-state index in [1.807, 2.05) is 36.4 Å². The quantitative estimate of drug-likeness (QED) is 0.824. The molecule has 0 saturated carbocycles. The monoisotopic (exact) mass is 377 g/mol. The molecule has 25 heavy (non-hydrogen) atoms. The molecule has 2 aromatic rings. The first-order chi connectivity index (χ1) is 12.1. The standard InChI is InChI=1S/C20H22Cl2N2O/c21-17-5-1-15(2-6-17)13-20(25)23-19-9-11-24(12-10-19)14-16-3-7-18(22)8-4-16/h1-8,19H,9-14H2,(H,23,25)/p+1. The summed E-state index contributed by atoms with van der Waals surface area (Å²) in [5.41, 5.74) is 2.30. The summed E-state index contributed by atoms with van der Waals surface area (Å²) in [6.07, 6.45) is 2.46. The molecule has 0 atom stereocenters. The van der Waals surface area contributed by atoms with E-state index in [0.29, 0.717) is 11.4 Å². The van der Waals surface area contributed by atoms with Gasteiger partial charge in [0, 0.05) is 34.5 Å². The fourth-order valence-electron chi connectivity index (χ4n) is 3.30.